The molecule has 0 atom stereocenters. The van der Waals surface area contributed by atoms with Gasteiger partial charge in [0.2, 0.25) is 0 Å². The largest absolute Gasteiger partial charge is 0.365 e. The first-order valence-corrected chi connectivity index (χ1v) is 1.59. The molecule has 0 aliphatic heterocycles. The maximum absolute atomic E-state index is 5.04. The lowest BCUT2D eigenvalue weighted by atomic mass is 11.1. The molecule has 7 heteroatoms. The van der Waals surface area contributed by atoms with Crippen LogP contribution in [0.2, 0.25) is 0 Å². The molecule has 0 aliphatic carbocycles. The Labute approximate surface area is 51.2 Å². The van der Waals surface area contributed by atoms with Gasteiger partial charge >= 0.3 is 0 Å². The van der Waals surface area contributed by atoms with E-state index < -0.39 is 0 Å². The van der Waals surface area contributed by atoms with Gasteiger partial charge in [-0.15, -0.1) is 17.2 Å². The lowest BCUT2D eigenvalue weighted by Crippen LogP contribution is -2.13. The van der Waals surface area contributed by atoms with Crippen LogP contribution in [0.3, 0.4) is 0 Å². The summed E-state index contributed by atoms with van der Waals surface area (Å²) in [6.45, 7) is 0. The molecule has 1 aromatic rings. The second-order valence-electron chi connectivity index (χ2n) is 0.982. The summed E-state index contributed by atoms with van der Waals surface area (Å²) >= 11 is 0. The van der Waals surface area contributed by atoms with Crippen LogP contribution < -0.4 is 11.6 Å². The Balaban J connectivity index is 0.000000490. The number of nitrogen functional groups attached to an aromatic ring is 2. The highest BCUT2D eigenvalue weighted by Gasteiger charge is 1.89. The van der Waals surface area contributed by atoms with Gasteiger partial charge in [-0.3, -0.25) is 0 Å². The van der Waals surface area contributed by atoms with Crippen molar-refractivity contribution in [2.45, 2.75) is 0 Å². The summed E-state index contributed by atoms with van der Waals surface area (Å²) in [6, 6.07) is 0. The first-order chi connectivity index (χ1) is 3.30. The van der Waals surface area contributed by atoms with Gasteiger partial charge in [0.05, 0.1) is 0 Å². The van der Waals surface area contributed by atoms with E-state index in [-0.39, 0.29) is 18.4 Å². The molecule has 0 bridgehead atoms. The zero-order valence-electron chi connectivity index (χ0n) is 3.85. The van der Waals surface area contributed by atoms with Crippen LogP contribution in [0.25, 0.3) is 0 Å². The zero-order valence-corrected chi connectivity index (χ0v) is 4.67. The van der Waals surface area contributed by atoms with Gasteiger partial charge in [0.25, 0.3) is 5.95 Å². The van der Waals surface area contributed by atoms with Crippen molar-refractivity contribution >= 4 is 18.4 Å². The van der Waals surface area contributed by atoms with Gasteiger partial charge in [0, 0.05) is 0 Å². The van der Waals surface area contributed by atoms with Crippen molar-refractivity contribution in [3.63, 3.8) is 0 Å². The predicted molar refractivity (Wildman–Crippen MR) is 29.6 cm³/mol. The first-order valence-electron chi connectivity index (χ1n) is 1.59. The average Bonchev–Trinajstić information content (AvgIpc) is 1.91. The molecule has 0 radical (unpaired) electrons. The number of anilines is 1. The van der Waals surface area contributed by atoms with Crippen molar-refractivity contribution in [2.75, 3.05) is 11.6 Å². The molecule has 4 N–H and O–H groups in total. The van der Waals surface area contributed by atoms with Crippen molar-refractivity contribution in [3.05, 3.63) is 0 Å². The van der Waals surface area contributed by atoms with E-state index in [9.17, 15) is 0 Å². The van der Waals surface area contributed by atoms with Gasteiger partial charge in [0.1, 0.15) is 0 Å². The SMILES string of the molecule is Cl.Nc1nnnn1N. The fraction of sp³-hybridized carbons (Fsp3) is 0. The van der Waals surface area contributed by atoms with E-state index in [1.165, 1.54) is 0 Å². The van der Waals surface area contributed by atoms with Gasteiger partial charge in [-0.25, -0.2) is 0 Å². The average molecular weight is 137 g/mol. The lowest BCUT2D eigenvalue weighted by molar-refractivity contribution is 0.761. The van der Waals surface area contributed by atoms with Gasteiger partial charge in [0.15, 0.2) is 0 Å². The molecule has 0 spiro atoms. The topological polar surface area (TPSA) is 95.6 Å². The van der Waals surface area contributed by atoms with Gasteiger partial charge in [-0.1, -0.05) is 5.10 Å². The van der Waals surface area contributed by atoms with Crippen LogP contribution in [-0.2, 0) is 0 Å². The highest BCUT2D eigenvalue weighted by atomic mass is 35.5. The predicted octanol–water partition coefficient (Wildman–Crippen LogP) is -1.61. The Morgan fingerprint density at radius 1 is 1.50 bits per heavy atom. The summed E-state index contributed by atoms with van der Waals surface area (Å²) in [6.07, 6.45) is 0. The summed E-state index contributed by atoms with van der Waals surface area (Å²) in [5, 5.41) is 9.63. The van der Waals surface area contributed by atoms with E-state index in [4.69, 9.17) is 11.6 Å². The fourth-order valence-corrected chi connectivity index (χ4v) is 0.201. The number of rotatable bonds is 0. The lowest BCUT2D eigenvalue weighted by Gasteiger charge is -1.82. The molecule has 0 fully saturated rings. The van der Waals surface area contributed by atoms with Crippen LogP contribution in [0.15, 0.2) is 0 Å². The van der Waals surface area contributed by atoms with E-state index in [1.54, 1.807) is 0 Å². The van der Waals surface area contributed by atoms with Crippen LogP contribution in [-0.4, -0.2) is 20.3 Å². The van der Waals surface area contributed by atoms with Crippen molar-refractivity contribution in [1.29, 1.82) is 0 Å². The summed E-state index contributed by atoms with van der Waals surface area (Å²) in [4.78, 5) is 0.889. The number of nitrogens with two attached hydrogens (primary N) is 2. The molecule has 0 saturated carbocycles. The molecule has 0 aliphatic rings. The summed E-state index contributed by atoms with van der Waals surface area (Å²) in [5.41, 5.74) is 5.04. The van der Waals surface area contributed by atoms with Crippen LogP contribution in [0.4, 0.5) is 5.95 Å². The van der Waals surface area contributed by atoms with Crippen molar-refractivity contribution in [1.82, 2.24) is 20.3 Å². The van der Waals surface area contributed by atoms with Gasteiger partial charge < -0.3 is 11.6 Å². The minimum atomic E-state index is 0. The van der Waals surface area contributed by atoms with Crippen LogP contribution in [0.1, 0.15) is 0 Å². The number of nitrogens with zero attached hydrogens (tertiary/aromatic N) is 4. The van der Waals surface area contributed by atoms with E-state index in [0.29, 0.717) is 0 Å². The molecule has 1 heterocycles. The molecule has 6 nitrogen and oxygen atoms in total. The molecule has 46 valence electrons. The standard InChI is InChI=1S/CH4N6.ClH/c2-1-4-5-6-7(1)3;/h3H2,(H2,2,4,6);1H. The Kier molecular flexibility index (Phi) is 2.01. The molecular weight excluding hydrogens is 132 g/mol. The van der Waals surface area contributed by atoms with Gasteiger partial charge in [-0.2, -0.15) is 0 Å². The quantitative estimate of drug-likeness (QED) is 0.419. The molecule has 0 aromatic carbocycles. The first kappa shape index (κ1) is 6.96. The normalized spacial score (nSPS) is 8.00. The highest BCUT2D eigenvalue weighted by molar-refractivity contribution is 5.85. The second-order valence-corrected chi connectivity index (χ2v) is 0.982. The Bertz CT molecular complexity index is 141. The van der Waals surface area contributed by atoms with E-state index >= 15 is 0 Å². The summed E-state index contributed by atoms with van der Waals surface area (Å²) in [7, 11) is 0. The number of tetrazole rings is 1. The minimum Gasteiger partial charge on any atom is -0.365 e. The summed E-state index contributed by atoms with van der Waals surface area (Å²) in [5.74, 6) is 5.11. The van der Waals surface area contributed by atoms with Crippen LogP contribution >= 0.6 is 12.4 Å². The molecule has 0 amide bonds. The molecule has 1 rings (SSSR count). The van der Waals surface area contributed by atoms with Crippen LogP contribution in [0.5, 0.6) is 0 Å². The molecular formula is CH5ClN6. The molecule has 1 aromatic heterocycles. The van der Waals surface area contributed by atoms with Gasteiger partial charge in [-0.05, 0) is 10.4 Å². The Morgan fingerprint density at radius 3 is 2.25 bits per heavy atom. The van der Waals surface area contributed by atoms with Crippen molar-refractivity contribution in [3.8, 4) is 0 Å². The highest BCUT2D eigenvalue weighted by Crippen LogP contribution is 1.78. The van der Waals surface area contributed by atoms with Crippen molar-refractivity contribution < 1.29 is 0 Å². The maximum Gasteiger partial charge on any atom is 0.260 e. The number of halogens is 1. The summed E-state index contributed by atoms with van der Waals surface area (Å²) < 4.78 is 0. The van der Waals surface area contributed by atoms with Crippen LogP contribution in [0, 0.1) is 0 Å². The third-order valence-electron chi connectivity index (χ3n) is 0.518. The number of hydrogen-bond acceptors (Lipinski definition) is 5. The Morgan fingerprint density at radius 2 is 2.12 bits per heavy atom. The number of hydrogen-bond donors (Lipinski definition) is 2. The fourth-order valence-electron chi connectivity index (χ4n) is 0.201. The zero-order chi connectivity index (χ0) is 5.28. The maximum atomic E-state index is 5.04. The van der Waals surface area contributed by atoms with E-state index in [2.05, 4.69) is 15.5 Å². The minimum absolute atomic E-state index is 0. The van der Waals surface area contributed by atoms with E-state index in [1.807, 2.05) is 0 Å². The van der Waals surface area contributed by atoms with E-state index in [0.717, 1.165) is 4.79 Å². The monoisotopic (exact) mass is 136 g/mol. The molecule has 8 heavy (non-hydrogen) atoms. The smallest absolute Gasteiger partial charge is 0.260 e. The Hall–Kier alpha value is -1.04. The second kappa shape index (κ2) is 2.31. The third-order valence-corrected chi connectivity index (χ3v) is 0.518. The van der Waals surface area contributed by atoms with Crippen molar-refractivity contribution in [2.24, 2.45) is 0 Å². The molecule has 0 unspecified atom stereocenters. The molecule has 0 saturated heterocycles. The third kappa shape index (κ3) is 0.969. The number of aromatic nitrogens is 4.